The van der Waals surface area contributed by atoms with Crippen LogP contribution in [0.1, 0.15) is 32.1 Å². The highest BCUT2D eigenvalue weighted by molar-refractivity contribution is 4.92. The highest BCUT2D eigenvalue weighted by Crippen LogP contribution is 2.49. The predicted molar refractivity (Wildman–Crippen MR) is 43.8 cm³/mol. The van der Waals surface area contributed by atoms with Crippen molar-refractivity contribution in [3.8, 4) is 0 Å². The van der Waals surface area contributed by atoms with Gasteiger partial charge in [-0.05, 0) is 43.4 Å². The molecule has 0 aromatic carbocycles. The molecule has 10 heavy (non-hydrogen) atoms. The van der Waals surface area contributed by atoms with Gasteiger partial charge in [-0.2, -0.15) is 0 Å². The van der Waals surface area contributed by atoms with E-state index in [1.54, 1.807) is 6.42 Å². The molecule has 0 aliphatic heterocycles. The molecule has 2 bridgehead atoms. The summed E-state index contributed by atoms with van der Waals surface area (Å²) in [6.07, 6.45) is 9.48. The Bertz CT molecular complexity index is 137. The van der Waals surface area contributed by atoms with Crippen LogP contribution in [0.15, 0.2) is 12.7 Å². The van der Waals surface area contributed by atoms with Gasteiger partial charge in [-0.15, -0.1) is 6.58 Å². The van der Waals surface area contributed by atoms with E-state index in [4.69, 9.17) is 0 Å². The second kappa shape index (κ2) is 2.41. The van der Waals surface area contributed by atoms with Crippen LogP contribution in [-0.4, -0.2) is 0 Å². The van der Waals surface area contributed by atoms with Crippen LogP contribution in [0.3, 0.4) is 0 Å². The Kier molecular flexibility index (Phi) is 1.55. The van der Waals surface area contributed by atoms with Crippen molar-refractivity contribution in [1.29, 1.82) is 0 Å². The first kappa shape index (κ1) is 6.45. The molecule has 0 amide bonds. The first-order valence-corrected chi connectivity index (χ1v) is 4.51. The second-order valence-electron chi connectivity index (χ2n) is 3.96. The average molecular weight is 136 g/mol. The van der Waals surface area contributed by atoms with Crippen molar-refractivity contribution in [1.82, 2.24) is 0 Å². The smallest absolute Gasteiger partial charge is 0.0322 e. The zero-order chi connectivity index (χ0) is 6.97. The van der Waals surface area contributed by atoms with Gasteiger partial charge in [0.2, 0.25) is 0 Å². The Balaban J connectivity index is 1.95. The van der Waals surface area contributed by atoms with Gasteiger partial charge in [0.25, 0.3) is 0 Å². The molecular weight excluding hydrogens is 120 g/mol. The minimum Gasteiger partial charge on any atom is -0.103 e. The fourth-order valence-corrected chi connectivity index (χ4v) is 2.88. The van der Waals surface area contributed by atoms with Gasteiger partial charge in [0.15, 0.2) is 0 Å². The van der Waals surface area contributed by atoms with E-state index >= 15 is 0 Å². The largest absolute Gasteiger partial charge is 0.103 e. The lowest BCUT2D eigenvalue weighted by atomic mass is 9.87. The Hall–Kier alpha value is -0.260. The quantitative estimate of drug-likeness (QED) is 0.512. The molecule has 0 nitrogen and oxygen atoms in total. The van der Waals surface area contributed by atoms with E-state index in [0.29, 0.717) is 0 Å². The van der Waals surface area contributed by atoms with Crippen molar-refractivity contribution < 1.29 is 0 Å². The monoisotopic (exact) mass is 136 g/mol. The zero-order valence-electron chi connectivity index (χ0n) is 6.55. The standard InChI is InChI=1S/C10H16/c1-2-3-9-6-8-4-5-10(9)7-8/h2,8-10H,1,3-7H2/t8-,9-,10-/m0/s1. The van der Waals surface area contributed by atoms with Crippen LogP contribution >= 0.6 is 0 Å². The number of fused-ring (bicyclic) bond motifs is 2. The van der Waals surface area contributed by atoms with Gasteiger partial charge >= 0.3 is 0 Å². The summed E-state index contributed by atoms with van der Waals surface area (Å²) < 4.78 is 0. The van der Waals surface area contributed by atoms with Gasteiger partial charge in [0.05, 0.1) is 0 Å². The van der Waals surface area contributed by atoms with Crippen LogP contribution in [0.25, 0.3) is 0 Å². The molecule has 2 aliphatic carbocycles. The van der Waals surface area contributed by atoms with E-state index < -0.39 is 0 Å². The molecule has 0 radical (unpaired) electrons. The summed E-state index contributed by atoms with van der Waals surface area (Å²) in [5.74, 6) is 3.22. The summed E-state index contributed by atoms with van der Waals surface area (Å²) in [5.41, 5.74) is 0. The zero-order valence-corrected chi connectivity index (χ0v) is 6.55. The van der Waals surface area contributed by atoms with Crippen LogP contribution in [-0.2, 0) is 0 Å². The summed E-state index contributed by atoms with van der Waals surface area (Å²) in [4.78, 5) is 0. The van der Waals surface area contributed by atoms with Gasteiger partial charge < -0.3 is 0 Å². The normalized spacial score (nSPS) is 44.2. The first-order valence-electron chi connectivity index (χ1n) is 4.51. The van der Waals surface area contributed by atoms with Gasteiger partial charge in [-0.1, -0.05) is 12.5 Å². The third-order valence-electron chi connectivity index (χ3n) is 3.35. The van der Waals surface area contributed by atoms with Crippen molar-refractivity contribution in [2.24, 2.45) is 17.8 Å². The van der Waals surface area contributed by atoms with Gasteiger partial charge in [0.1, 0.15) is 0 Å². The fourth-order valence-electron chi connectivity index (χ4n) is 2.88. The van der Waals surface area contributed by atoms with Crippen molar-refractivity contribution in [2.45, 2.75) is 32.1 Å². The summed E-state index contributed by atoms with van der Waals surface area (Å²) in [6, 6.07) is 0. The van der Waals surface area contributed by atoms with Crippen LogP contribution in [0.2, 0.25) is 0 Å². The molecule has 56 valence electrons. The van der Waals surface area contributed by atoms with Crippen molar-refractivity contribution in [3.63, 3.8) is 0 Å². The molecule has 0 saturated heterocycles. The third-order valence-corrected chi connectivity index (χ3v) is 3.35. The Morgan fingerprint density at radius 3 is 2.70 bits per heavy atom. The van der Waals surface area contributed by atoms with Crippen LogP contribution < -0.4 is 0 Å². The van der Waals surface area contributed by atoms with Crippen LogP contribution in [0.4, 0.5) is 0 Å². The molecular formula is C10H16. The highest BCUT2D eigenvalue weighted by atomic mass is 14.4. The van der Waals surface area contributed by atoms with Gasteiger partial charge in [-0.3, -0.25) is 0 Å². The number of rotatable bonds is 2. The van der Waals surface area contributed by atoms with Crippen molar-refractivity contribution >= 4 is 0 Å². The van der Waals surface area contributed by atoms with E-state index in [1.807, 2.05) is 0 Å². The molecule has 2 rings (SSSR count). The number of allylic oxidation sites excluding steroid dienone is 1. The molecule has 2 saturated carbocycles. The summed E-state index contributed by atoms with van der Waals surface area (Å²) in [5, 5.41) is 0. The number of hydrogen-bond donors (Lipinski definition) is 0. The fraction of sp³-hybridized carbons (Fsp3) is 0.800. The second-order valence-corrected chi connectivity index (χ2v) is 3.96. The van der Waals surface area contributed by atoms with Crippen LogP contribution in [0.5, 0.6) is 0 Å². The molecule has 0 aromatic heterocycles. The highest BCUT2D eigenvalue weighted by Gasteiger charge is 2.38. The molecule has 0 aromatic rings. The van der Waals surface area contributed by atoms with Crippen molar-refractivity contribution in [2.75, 3.05) is 0 Å². The maximum Gasteiger partial charge on any atom is -0.0322 e. The van der Waals surface area contributed by atoms with E-state index in [2.05, 4.69) is 12.7 Å². The molecule has 0 heterocycles. The Labute approximate surface area is 63.3 Å². The topological polar surface area (TPSA) is 0 Å². The lowest BCUT2D eigenvalue weighted by Crippen LogP contribution is -2.08. The maximum absolute atomic E-state index is 3.81. The van der Waals surface area contributed by atoms with Crippen molar-refractivity contribution in [3.05, 3.63) is 12.7 Å². The van der Waals surface area contributed by atoms with Gasteiger partial charge in [-0.25, -0.2) is 0 Å². The maximum atomic E-state index is 3.81. The number of hydrogen-bond acceptors (Lipinski definition) is 0. The molecule has 0 spiro atoms. The lowest BCUT2D eigenvalue weighted by molar-refractivity contribution is 0.336. The predicted octanol–water partition coefficient (Wildman–Crippen LogP) is 3.00. The van der Waals surface area contributed by atoms with Gasteiger partial charge in [0, 0.05) is 0 Å². The molecule has 0 unspecified atom stereocenters. The Morgan fingerprint density at radius 1 is 1.30 bits per heavy atom. The molecule has 0 heteroatoms. The molecule has 3 atom stereocenters. The third kappa shape index (κ3) is 0.902. The minimum atomic E-state index is 1.02. The SMILES string of the molecule is C=CC[C@H]1C[C@@H]2CC[C@H]1C2. The van der Waals surface area contributed by atoms with Crippen LogP contribution in [0, 0.1) is 17.8 Å². The molecule has 2 aliphatic rings. The lowest BCUT2D eigenvalue weighted by Gasteiger charge is -2.19. The molecule has 2 fully saturated rings. The average Bonchev–Trinajstić information content (AvgIpc) is 2.48. The first-order chi connectivity index (χ1) is 4.90. The summed E-state index contributed by atoms with van der Waals surface area (Å²) in [7, 11) is 0. The Morgan fingerprint density at radius 2 is 2.20 bits per heavy atom. The summed E-state index contributed by atoms with van der Waals surface area (Å²) >= 11 is 0. The minimum absolute atomic E-state index is 1.02. The van der Waals surface area contributed by atoms with E-state index in [0.717, 1.165) is 17.8 Å². The van der Waals surface area contributed by atoms with E-state index in [9.17, 15) is 0 Å². The van der Waals surface area contributed by atoms with E-state index in [1.165, 1.54) is 25.7 Å². The molecule has 0 N–H and O–H groups in total. The summed E-state index contributed by atoms with van der Waals surface area (Å²) in [6.45, 7) is 3.81. The van der Waals surface area contributed by atoms with E-state index in [-0.39, 0.29) is 0 Å².